The lowest BCUT2D eigenvalue weighted by atomic mass is 10.1. The van der Waals surface area contributed by atoms with Crippen LogP contribution in [-0.4, -0.2) is 26.7 Å². The molecule has 0 bridgehead atoms. The molecule has 0 spiro atoms. The van der Waals surface area contributed by atoms with E-state index in [0.717, 1.165) is 11.3 Å². The standard InChI is InChI=1S/C19H24FN3O2/c1-5-21-19(22-12-14-7-6-13(2)16(20)10-14)23-15-8-9-17(24-3)18(11-15)25-4/h6-11H,5,12H2,1-4H3,(H2,21,22,23). The molecule has 134 valence electrons. The van der Waals surface area contributed by atoms with Crippen LogP contribution in [0.1, 0.15) is 18.1 Å². The van der Waals surface area contributed by atoms with Crippen LogP contribution < -0.4 is 20.1 Å². The average Bonchev–Trinajstić information content (AvgIpc) is 2.62. The van der Waals surface area contributed by atoms with Crippen LogP contribution in [0.2, 0.25) is 0 Å². The van der Waals surface area contributed by atoms with Gasteiger partial charge in [-0.05, 0) is 43.2 Å². The molecule has 0 aliphatic rings. The van der Waals surface area contributed by atoms with Crippen molar-refractivity contribution in [3.05, 3.63) is 53.3 Å². The first kappa shape index (κ1) is 18.6. The van der Waals surface area contributed by atoms with Crippen LogP contribution in [0.5, 0.6) is 11.5 Å². The fourth-order valence-corrected chi connectivity index (χ4v) is 2.26. The summed E-state index contributed by atoms with van der Waals surface area (Å²) in [5, 5.41) is 6.38. The van der Waals surface area contributed by atoms with Gasteiger partial charge in [0.15, 0.2) is 17.5 Å². The van der Waals surface area contributed by atoms with E-state index < -0.39 is 0 Å². The summed E-state index contributed by atoms with van der Waals surface area (Å²) in [6.07, 6.45) is 0. The number of hydrogen-bond acceptors (Lipinski definition) is 3. The number of nitrogens with zero attached hydrogens (tertiary/aromatic N) is 1. The van der Waals surface area contributed by atoms with Gasteiger partial charge >= 0.3 is 0 Å². The number of aliphatic imine (C=N–C) groups is 1. The highest BCUT2D eigenvalue weighted by molar-refractivity contribution is 5.93. The second-order valence-corrected chi connectivity index (χ2v) is 5.47. The van der Waals surface area contributed by atoms with Gasteiger partial charge in [0.05, 0.1) is 20.8 Å². The molecule has 2 rings (SSSR count). The third kappa shape index (κ3) is 5.11. The smallest absolute Gasteiger partial charge is 0.196 e. The van der Waals surface area contributed by atoms with Gasteiger partial charge in [-0.1, -0.05) is 12.1 Å². The fourth-order valence-electron chi connectivity index (χ4n) is 2.26. The lowest BCUT2D eigenvalue weighted by molar-refractivity contribution is 0.355. The number of rotatable bonds is 6. The zero-order valence-electron chi connectivity index (χ0n) is 15.0. The van der Waals surface area contributed by atoms with Crippen LogP contribution in [0.3, 0.4) is 0 Å². The van der Waals surface area contributed by atoms with E-state index in [-0.39, 0.29) is 5.82 Å². The predicted octanol–water partition coefficient (Wildman–Crippen LogP) is 3.73. The van der Waals surface area contributed by atoms with Crippen LogP contribution >= 0.6 is 0 Å². The summed E-state index contributed by atoms with van der Waals surface area (Å²) >= 11 is 0. The molecule has 0 saturated carbocycles. The maximum Gasteiger partial charge on any atom is 0.196 e. The number of aryl methyl sites for hydroxylation is 1. The second kappa shape index (κ2) is 8.92. The molecule has 0 atom stereocenters. The van der Waals surface area contributed by atoms with Crippen molar-refractivity contribution in [2.75, 3.05) is 26.1 Å². The molecule has 0 amide bonds. The molecular weight excluding hydrogens is 321 g/mol. The molecule has 25 heavy (non-hydrogen) atoms. The molecule has 0 unspecified atom stereocenters. The largest absolute Gasteiger partial charge is 0.493 e. The minimum absolute atomic E-state index is 0.217. The first-order valence-electron chi connectivity index (χ1n) is 8.09. The summed E-state index contributed by atoms with van der Waals surface area (Å²) < 4.78 is 24.2. The van der Waals surface area contributed by atoms with Gasteiger partial charge < -0.3 is 20.1 Å². The lowest BCUT2D eigenvalue weighted by Gasteiger charge is -2.14. The van der Waals surface area contributed by atoms with Gasteiger partial charge in [-0.3, -0.25) is 0 Å². The number of hydrogen-bond donors (Lipinski definition) is 2. The zero-order chi connectivity index (χ0) is 18.2. The predicted molar refractivity (Wildman–Crippen MR) is 99.1 cm³/mol. The molecular formula is C19H24FN3O2. The highest BCUT2D eigenvalue weighted by Crippen LogP contribution is 2.29. The van der Waals surface area contributed by atoms with Crippen LogP contribution in [0.4, 0.5) is 10.1 Å². The number of anilines is 1. The molecule has 5 nitrogen and oxygen atoms in total. The molecule has 0 saturated heterocycles. The molecule has 2 aromatic rings. The van der Waals surface area contributed by atoms with Crippen molar-refractivity contribution in [2.45, 2.75) is 20.4 Å². The number of halogens is 1. The van der Waals surface area contributed by atoms with Gasteiger partial charge in [0, 0.05) is 18.3 Å². The lowest BCUT2D eigenvalue weighted by Crippen LogP contribution is -2.30. The van der Waals surface area contributed by atoms with Crippen molar-refractivity contribution in [3.8, 4) is 11.5 Å². The quantitative estimate of drug-likeness (QED) is 0.619. The van der Waals surface area contributed by atoms with E-state index >= 15 is 0 Å². The SMILES string of the molecule is CCNC(=NCc1ccc(C)c(F)c1)Nc1ccc(OC)c(OC)c1. The van der Waals surface area contributed by atoms with Crippen molar-refractivity contribution in [1.29, 1.82) is 0 Å². The van der Waals surface area contributed by atoms with Crippen LogP contribution in [0.25, 0.3) is 0 Å². The molecule has 2 aromatic carbocycles. The Labute approximate surface area is 147 Å². The molecule has 0 fully saturated rings. The van der Waals surface area contributed by atoms with Gasteiger partial charge in [-0.2, -0.15) is 0 Å². The minimum Gasteiger partial charge on any atom is -0.493 e. The number of guanidine groups is 1. The maximum absolute atomic E-state index is 13.6. The Morgan fingerprint density at radius 1 is 1.08 bits per heavy atom. The molecule has 2 N–H and O–H groups in total. The number of benzene rings is 2. The fraction of sp³-hybridized carbons (Fsp3) is 0.316. The van der Waals surface area contributed by atoms with Crippen LogP contribution in [0.15, 0.2) is 41.4 Å². The number of ether oxygens (including phenoxy) is 2. The first-order chi connectivity index (χ1) is 12.1. The Morgan fingerprint density at radius 3 is 2.48 bits per heavy atom. The number of methoxy groups -OCH3 is 2. The third-order valence-corrected chi connectivity index (χ3v) is 3.65. The van der Waals surface area contributed by atoms with Crippen molar-refractivity contribution in [2.24, 2.45) is 4.99 Å². The molecule has 0 aliphatic heterocycles. The highest BCUT2D eigenvalue weighted by atomic mass is 19.1. The van der Waals surface area contributed by atoms with Crippen molar-refractivity contribution in [1.82, 2.24) is 5.32 Å². The van der Waals surface area contributed by atoms with Gasteiger partial charge in [-0.15, -0.1) is 0 Å². The van der Waals surface area contributed by atoms with Gasteiger partial charge in [0.25, 0.3) is 0 Å². The van der Waals surface area contributed by atoms with E-state index in [9.17, 15) is 4.39 Å². The summed E-state index contributed by atoms with van der Waals surface area (Å²) in [7, 11) is 3.18. The minimum atomic E-state index is -0.217. The second-order valence-electron chi connectivity index (χ2n) is 5.47. The Hall–Kier alpha value is -2.76. The topological polar surface area (TPSA) is 54.9 Å². The Balaban J connectivity index is 2.15. The normalized spacial score (nSPS) is 11.2. The van der Waals surface area contributed by atoms with Crippen molar-refractivity contribution >= 4 is 11.6 Å². The van der Waals surface area contributed by atoms with E-state index in [1.807, 2.05) is 31.2 Å². The van der Waals surface area contributed by atoms with E-state index in [4.69, 9.17) is 9.47 Å². The highest BCUT2D eigenvalue weighted by Gasteiger charge is 2.06. The molecule has 0 radical (unpaired) electrons. The van der Waals surface area contributed by atoms with E-state index in [1.54, 1.807) is 27.2 Å². The molecule has 0 aliphatic carbocycles. The molecule has 6 heteroatoms. The summed E-state index contributed by atoms with van der Waals surface area (Å²) in [5.41, 5.74) is 2.25. The van der Waals surface area contributed by atoms with Gasteiger partial charge in [-0.25, -0.2) is 9.38 Å². The van der Waals surface area contributed by atoms with Crippen molar-refractivity contribution in [3.63, 3.8) is 0 Å². The Morgan fingerprint density at radius 2 is 1.84 bits per heavy atom. The maximum atomic E-state index is 13.6. The van der Waals surface area contributed by atoms with Gasteiger partial charge in [0.1, 0.15) is 5.82 Å². The van der Waals surface area contributed by atoms with Crippen LogP contribution in [-0.2, 0) is 6.54 Å². The summed E-state index contributed by atoms with van der Waals surface area (Å²) in [5.74, 6) is 1.68. The van der Waals surface area contributed by atoms with E-state index in [0.29, 0.717) is 36.1 Å². The van der Waals surface area contributed by atoms with Crippen LogP contribution in [0, 0.1) is 12.7 Å². The average molecular weight is 345 g/mol. The molecule has 0 aromatic heterocycles. The van der Waals surface area contributed by atoms with E-state index in [2.05, 4.69) is 15.6 Å². The third-order valence-electron chi connectivity index (χ3n) is 3.65. The van der Waals surface area contributed by atoms with Gasteiger partial charge in [0.2, 0.25) is 0 Å². The van der Waals surface area contributed by atoms with E-state index in [1.165, 1.54) is 6.07 Å². The Bertz CT molecular complexity index is 747. The first-order valence-corrected chi connectivity index (χ1v) is 8.09. The molecule has 0 heterocycles. The van der Waals surface area contributed by atoms with Crippen molar-refractivity contribution < 1.29 is 13.9 Å². The summed E-state index contributed by atoms with van der Waals surface area (Å²) in [6, 6.07) is 10.7. The number of nitrogens with one attached hydrogen (secondary N) is 2. The summed E-state index contributed by atoms with van der Waals surface area (Å²) in [4.78, 5) is 4.50. The monoisotopic (exact) mass is 345 g/mol. The zero-order valence-corrected chi connectivity index (χ0v) is 15.0. The Kier molecular flexibility index (Phi) is 6.62. The summed E-state index contributed by atoms with van der Waals surface area (Å²) in [6.45, 7) is 4.81.